The van der Waals surface area contributed by atoms with E-state index >= 15 is 0 Å². The average molecular weight is 402 g/mol. The Kier molecular flexibility index (Phi) is 4.77. The molecule has 0 spiro atoms. The molecule has 2 aliphatic rings. The summed E-state index contributed by atoms with van der Waals surface area (Å²) in [6.45, 7) is 3.60. The van der Waals surface area contributed by atoms with Crippen LogP contribution in [0.1, 0.15) is 25.8 Å². The molecule has 0 saturated carbocycles. The summed E-state index contributed by atoms with van der Waals surface area (Å²) in [7, 11) is 0. The number of halogens is 4. The van der Waals surface area contributed by atoms with E-state index in [1.54, 1.807) is 13.8 Å². The Balaban J connectivity index is 1.83. The molecule has 7 nitrogen and oxygen atoms in total. The second-order valence-electron chi connectivity index (χ2n) is 6.22. The number of nitrogens with zero attached hydrogens (tertiary/aromatic N) is 2. The van der Waals surface area contributed by atoms with Crippen LogP contribution in [0.15, 0.2) is 34.6 Å². The maximum absolute atomic E-state index is 13.0. The summed E-state index contributed by atoms with van der Waals surface area (Å²) in [5.74, 6) is -0.435. The molecule has 2 heterocycles. The number of fused-ring (bicyclic) bond motifs is 1. The molecule has 1 atom stereocenters. The van der Waals surface area contributed by atoms with E-state index < -0.39 is 34.6 Å². The van der Waals surface area contributed by atoms with Gasteiger partial charge < -0.3 is 5.32 Å². The highest BCUT2D eigenvalue weighted by atomic mass is 35.5. The molecule has 1 fully saturated rings. The first-order chi connectivity index (χ1) is 12.6. The summed E-state index contributed by atoms with van der Waals surface area (Å²) in [4.78, 5) is 28.7. The zero-order valence-electron chi connectivity index (χ0n) is 14.2. The lowest BCUT2D eigenvalue weighted by Gasteiger charge is -2.32. The molecule has 2 aliphatic heterocycles. The van der Waals surface area contributed by atoms with Gasteiger partial charge in [0.2, 0.25) is 17.8 Å². The van der Waals surface area contributed by atoms with Gasteiger partial charge in [-0.3, -0.25) is 20.3 Å². The van der Waals surface area contributed by atoms with Gasteiger partial charge in [0.05, 0.1) is 17.0 Å². The molecule has 11 heteroatoms. The Morgan fingerprint density at radius 2 is 2.07 bits per heavy atom. The fraction of sp³-hybridized carbons (Fsp3) is 0.312. The van der Waals surface area contributed by atoms with Gasteiger partial charge in [-0.25, -0.2) is 5.01 Å². The van der Waals surface area contributed by atoms with E-state index in [9.17, 15) is 22.8 Å². The zero-order valence-corrected chi connectivity index (χ0v) is 15.0. The van der Waals surface area contributed by atoms with E-state index in [2.05, 4.69) is 21.1 Å². The number of aliphatic imine (C=N–C) groups is 1. The Hall–Kier alpha value is -2.75. The highest BCUT2D eigenvalue weighted by Crippen LogP contribution is 2.36. The second kappa shape index (κ2) is 6.76. The predicted molar refractivity (Wildman–Crippen MR) is 92.4 cm³/mol. The molecule has 2 amide bonds. The van der Waals surface area contributed by atoms with Crippen LogP contribution in [0.2, 0.25) is 5.02 Å². The fourth-order valence-electron chi connectivity index (χ4n) is 2.59. The summed E-state index contributed by atoms with van der Waals surface area (Å²) in [5, 5.41) is 5.84. The highest BCUT2D eigenvalue weighted by Gasteiger charge is 2.40. The van der Waals surface area contributed by atoms with E-state index in [4.69, 9.17) is 11.6 Å². The molecule has 1 aromatic rings. The van der Waals surface area contributed by atoms with Gasteiger partial charge in [-0.1, -0.05) is 11.6 Å². The van der Waals surface area contributed by atoms with E-state index in [1.807, 2.05) is 0 Å². The van der Waals surface area contributed by atoms with Gasteiger partial charge in [0.1, 0.15) is 11.9 Å². The number of amides is 2. The van der Waals surface area contributed by atoms with Gasteiger partial charge in [0, 0.05) is 5.69 Å². The third-order valence-electron chi connectivity index (χ3n) is 3.93. The lowest BCUT2D eigenvalue weighted by atomic mass is 10.1. The van der Waals surface area contributed by atoms with Crippen LogP contribution in [-0.4, -0.2) is 28.8 Å². The molecule has 0 aliphatic carbocycles. The van der Waals surface area contributed by atoms with Crippen molar-refractivity contribution in [3.63, 3.8) is 0 Å². The number of rotatable bonds is 2. The smallest absolute Gasteiger partial charge is 0.324 e. The van der Waals surface area contributed by atoms with Crippen LogP contribution in [0.25, 0.3) is 0 Å². The summed E-state index contributed by atoms with van der Waals surface area (Å²) >= 11 is 5.58. The van der Waals surface area contributed by atoms with Crippen molar-refractivity contribution >= 4 is 35.1 Å². The van der Waals surface area contributed by atoms with Gasteiger partial charge >= 0.3 is 6.18 Å². The first kappa shape index (κ1) is 19.0. The molecule has 144 valence electrons. The van der Waals surface area contributed by atoms with Crippen LogP contribution >= 0.6 is 11.6 Å². The zero-order chi connectivity index (χ0) is 19.9. The SMILES string of the molecule is CC(C)=C1N=C2NC(=O)C[C@H](C(=O)Nc3ccc(Cl)c(C(F)(F)F)c3)N2N1. The topological polar surface area (TPSA) is 85.8 Å². The van der Waals surface area contributed by atoms with Crippen LogP contribution < -0.4 is 16.1 Å². The number of guanidine groups is 1. The standard InChI is InChI=1S/C16H15ClF3N5O2/c1-7(2)13-23-15-22-12(26)6-11(25(15)24-13)14(27)21-8-3-4-10(17)9(5-8)16(18,19)20/h3-5,11,24H,6H2,1-2H3,(H,21,27)(H,22,23,26)/t11-/m1/s1. The molecule has 27 heavy (non-hydrogen) atoms. The number of hydrogen-bond donors (Lipinski definition) is 3. The summed E-state index contributed by atoms with van der Waals surface area (Å²) in [6.07, 6.45) is -4.84. The number of alkyl halides is 3. The number of hydrogen-bond acceptors (Lipinski definition) is 5. The minimum absolute atomic E-state index is 0.0807. The van der Waals surface area contributed by atoms with Crippen LogP contribution in [0.4, 0.5) is 18.9 Å². The molecule has 0 unspecified atom stereocenters. The van der Waals surface area contributed by atoms with Crippen molar-refractivity contribution in [2.24, 2.45) is 4.99 Å². The van der Waals surface area contributed by atoms with Crippen LogP contribution in [0.3, 0.4) is 0 Å². The number of anilines is 1. The molecule has 0 radical (unpaired) electrons. The van der Waals surface area contributed by atoms with E-state index in [0.717, 1.165) is 17.7 Å². The maximum Gasteiger partial charge on any atom is 0.417 e. The largest absolute Gasteiger partial charge is 0.417 e. The van der Waals surface area contributed by atoms with Crippen LogP contribution in [0.5, 0.6) is 0 Å². The second-order valence-corrected chi connectivity index (χ2v) is 6.62. The fourth-order valence-corrected chi connectivity index (χ4v) is 2.81. The Morgan fingerprint density at radius 1 is 1.37 bits per heavy atom. The monoisotopic (exact) mass is 401 g/mol. The maximum atomic E-state index is 13.0. The third-order valence-corrected chi connectivity index (χ3v) is 4.26. The van der Waals surface area contributed by atoms with Crippen molar-refractivity contribution in [3.05, 3.63) is 40.2 Å². The normalized spacial score (nSPS) is 19.1. The van der Waals surface area contributed by atoms with Crippen molar-refractivity contribution < 1.29 is 22.8 Å². The lowest BCUT2D eigenvalue weighted by Crippen LogP contribution is -2.61. The van der Waals surface area contributed by atoms with Gasteiger partial charge in [-0.05, 0) is 37.6 Å². The molecule has 0 aromatic heterocycles. The number of allylic oxidation sites excluding steroid dienone is 1. The average Bonchev–Trinajstić information content (AvgIpc) is 2.98. The van der Waals surface area contributed by atoms with Gasteiger partial charge in [0.15, 0.2) is 0 Å². The first-order valence-corrected chi connectivity index (χ1v) is 8.23. The molecule has 3 N–H and O–H groups in total. The van der Waals surface area contributed by atoms with Crippen molar-refractivity contribution in [2.45, 2.75) is 32.5 Å². The molecule has 1 saturated heterocycles. The van der Waals surface area contributed by atoms with Crippen LogP contribution in [0, 0.1) is 0 Å². The van der Waals surface area contributed by atoms with Crippen molar-refractivity contribution in [1.82, 2.24) is 15.8 Å². The van der Waals surface area contributed by atoms with Gasteiger partial charge in [0.25, 0.3) is 0 Å². The summed E-state index contributed by atoms with van der Waals surface area (Å²) in [5.41, 5.74) is 2.60. The first-order valence-electron chi connectivity index (χ1n) is 7.86. The molecule has 3 rings (SSSR count). The Bertz CT molecular complexity index is 877. The van der Waals surface area contributed by atoms with E-state index in [0.29, 0.717) is 5.82 Å². The number of carbonyl (C=O) groups is 2. The minimum Gasteiger partial charge on any atom is -0.324 e. The van der Waals surface area contributed by atoms with Crippen molar-refractivity contribution in [3.8, 4) is 0 Å². The van der Waals surface area contributed by atoms with Gasteiger partial charge in [-0.2, -0.15) is 18.2 Å². The quantitative estimate of drug-likeness (QED) is 0.711. The van der Waals surface area contributed by atoms with Crippen LogP contribution in [-0.2, 0) is 15.8 Å². The Morgan fingerprint density at radius 3 is 2.70 bits per heavy atom. The lowest BCUT2D eigenvalue weighted by molar-refractivity contribution is -0.137. The molecular weight excluding hydrogens is 387 g/mol. The van der Waals surface area contributed by atoms with Crippen molar-refractivity contribution in [1.29, 1.82) is 0 Å². The highest BCUT2D eigenvalue weighted by molar-refractivity contribution is 6.31. The molecule has 0 bridgehead atoms. The van der Waals surface area contributed by atoms with E-state index in [1.165, 1.54) is 11.1 Å². The number of hydrazine groups is 1. The van der Waals surface area contributed by atoms with Gasteiger partial charge in [-0.15, -0.1) is 0 Å². The third kappa shape index (κ3) is 3.85. The van der Waals surface area contributed by atoms with E-state index in [-0.39, 0.29) is 18.1 Å². The minimum atomic E-state index is -4.66. The number of nitrogens with one attached hydrogen (secondary N) is 3. The summed E-state index contributed by atoms with van der Waals surface area (Å²) < 4.78 is 38.9. The number of benzene rings is 1. The molecular formula is C16H15ClF3N5O2. The number of carbonyl (C=O) groups excluding carboxylic acids is 2. The molecule has 1 aromatic carbocycles. The van der Waals surface area contributed by atoms with Crippen molar-refractivity contribution in [2.75, 3.05) is 5.32 Å². The summed E-state index contributed by atoms with van der Waals surface area (Å²) in [6, 6.07) is 2.07. The Labute approximate surface area is 157 Å². The predicted octanol–water partition coefficient (Wildman–Crippen LogP) is 2.61.